The summed E-state index contributed by atoms with van der Waals surface area (Å²) < 4.78 is 0.940. The Balaban J connectivity index is 2.18. The molecule has 0 unspecified atom stereocenters. The highest BCUT2D eigenvalue weighted by atomic mass is 79.9. The molecule has 2 rings (SSSR count). The second-order valence-electron chi connectivity index (χ2n) is 4.09. The number of halogens is 1. The number of anilines is 2. The molecular weight excluding hydrogens is 292 g/mol. The van der Waals surface area contributed by atoms with Crippen LogP contribution in [0, 0.1) is 6.92 Å². The van der Waals surface area contributed by atoms with E-state index in [1.807, 2.05) is 25.1 Å². The van der Waals surface area contributed by atoms with Gasteiger partial charge in [-0.2, -0.15) is 0 Å². The first kappa shape index (κ1) is 12.6. The van der Waals surface area contributed by atoms with Crippen molar-refractivity contribution in [2.45, 2.75) is 6.92 Å². The van der Waals surface area contributed by atoms with Crippen molar-refractivity contribution in [3.05, 3.63) is 58.1 Å². The minimum atomic E-state index is -0.146. The van der Waals surface area contributed by atoms with Crippen LogP contribution in [0.2, 0.25) is 0 Å². The van der Waals surface area contributed by atoms with Gasteiger partial charge in [-0.3, -0.25) is 4.79 Å². The Morgan fingerprint density at radius 2 is 1.83 bits per heavy atom. The number of nitrogens with one attached hydrogen (secondary N) is 1. The lowest BCUT2D eigenvalue weighted by atomic mass is 10.2. The summed E-state index contributed by atoms with van der Waals surface area (Å²) in [6, 6.07) is 12.6. The maximum Gasteiger partial charge on any atom is 0.255 e. The van der Waals surface area contributed by atoms with E-state index in [4.69, 9.17) is 5.73 Å². The summed E-state index contributed by atoms with van der Waals surface area (Å²) in [6.07, 6.45) is 0. The van der Waals surface area contributed by atoms with Crippen LogP contribution in [-0.2, 0) is 0 Å². The summed E-state index contributed by atoms with van der Waals surface area (Å²) in [7, 11) is 0. The summed E-state index contributed by atoms with van der Waals surface area (Å²) in [5.41, 5.74) is 8.66. The molecule has 0 bridgehead atoms. The quantitative estimate of drug-likeness (QED) is 0.833. The third-order valence-corrected chi connectivity index (χ3v) is 2.93. The number of carbonyl (C=O) groups is 1. The summed E-state index contributed by atoms with van der Waals surface area (Å²) in [5, 5.41) is 2.85. The highest BCUT2D eigenvalue weighted by molar-refractivity contribution is 9.10. The van der Waals surface area contributed by atoms with Crippen molar-refractivity contribution in [2.24, 2.45) is 0 Å². The summed E-state index contributed by atoms with van der Waals surface area (Å²) in [6.45, 7) is 1.98. The second kappa shape index (κ2) is 5.23. The van der Waals surface area contributed by atoms with Gasteiger partial charge in [0.25, 0.3) is 5.91 Å². The van der Waals surface area contributed by atoms with Crippen LogP contribution in [0.4, 0.5) is 11.4 Å². The maximum atomic E-state index is 12.0. The van der Waals surface area contributed by atoms with Crippen molar-refractivity contribution in [1.29, 1.82) is 0 Å². The maximum absolute atomic E-state index is 12.0. The number of nitrogen functional groups attached to an aromatic ring is 1. The van der Waals surface area contributed by atoms with Crippen LogP contribution in [-0.4, -0.2) is 5.91 Å². The van der Waals surface area contributed by atoms with Crippen LogP contribution in [0.15, 0.2) is 46.9 Å². The fourth-order valence-electron chi connectivity index (χ4n) is 1.65. The normalized spacial score (nSPS) is 10.1. The Morgan fingerprint density at radius 1 is 1.17 bits per heavy atom. The lowest BCUT2D eigenvalue weighted by molar-refractivity contribution is 0.102. The van der Waals surface area contributed by atoms with Crippen LogP contribution in [0.1, 0.15) is 15.9 Å². The van der Waals surface area contributed by atoms with Gasteiger partial charge in [-0.25, -0.2) is 0 Å². The number of nitrogens with two attached hydrogens (primary N) is 1. The average molecular weight is 305 g/mol. The number of benzene rings is 2. The van der Waals surface area contributed by atoms with Crippen molar-refractivity contribution < 1.29 is 4.79 Å². The van der Waals surface area contributed by atoms with Gasteiger partial charge in [0.15, 0.2) is 0 Å². The van der Waals surface area contributed by atoms with E-state index in [-0.39, 0.29) is 5.91 Å². The Morgan fingerprint density at radius 3 is 2.44 bits per heavy atom. The number of carbonyl (C=O) groups excluding carboxylic acids is 1. The fraction of sp³-hybridized carbons (Fsp3) is 0.0714. The molecular formula is C14H13BrN2O. The molecule has 0 aromatic heterocycles. The van der Waals surface area contributed by atoms with E-state index in [0.29, 0.717) is 11.3 Å². The molecule has 0 fully saturated rings. The van der Waals surface area contributed by atoms with Gasteiger partial charge in [-0.1, -0.05) is 15.9 Å². The Bertz CT molecular complexity index is 559. The number of rotatable bonds is 2. The molecule has 18 heavy (non-hydrogen) atoms. The van der Waals surface area contributed by atoms with Gasteiger partial charge in [-0.05, 0) is 55.0 Å². The van der Waals surface area contributed by atoms with E-state index in [1.165, 1.54) is 0 Å². The van der Waals surface area contributed by atoms with Gasteiger partial charge in [0.1, 0.15) is 0 Å². The van der Waals surface area contributed by atoms with Gasteiger partial charge in [0, 0.05) is 21.4 Å². The molecule has 0 spiro atoms. The van der Waals surface area contributed by atoms with E-state index < -0.39 is 0 Å². The smallest absolute Gasteiger partial charge is 0.255 e. The van der Waals surface area contributed by atoms with Gasteiger partial charge in [0.2, 0.25) is 0 Å². The first-order chi connectivity index (χ1) is 8.54. The summed E-state index contributed by atoms with van der Waals surface area (Å²) >= 11 is 3.40. The summed E-state index contributed by atoms with van der Waals surface area (Å²) in [5.74, 6) is -0.146. The van der Waals surface area contributed by atoms with Crippen molar-refractivity contribution in [2.75, 3.05) is 11.1 Å². The molecule has 2 aromatic rings. The van der Waals surface area contributed by atoms with Gasteiger partial charge >= 0.3 is 0 Å². The van der Waals surface area contributed by atoms with Crippen LogP contribution < -0.4 is 11.1 Å². The molecule has 0 radical (unpaired) electrons. The SMILES string of the molecule is Cc1cc(Br)cc(NC(=O)c2ccc(N)cc2)c1. The predicted molar refractivity (Wildman–Crippen MR) is 77.7 cm³/mol. The molecule has 0 atom stereocenters. The highest BCUT2D eigenvalue weighted by Gasteiger charge is 2.06. The van der Waals surface area contributed by atoms with Crippen LogP contribution in [0.3, 0.4) is 0 Å². The fourth-order valence-corrected chi connectivity index (χ4v) is 2.25. The topological polar surface area (TPSA) is 55.1 Å². The van der Waals surface area contributed by atoms with Gasteiger partial charge in [0.05, 0.1) is 0 Å². The van der Waals surface area contributed by atoms with E-state index in [0.717, 1.165) is 15.7 Å². The first-order valence-electron chi connectivity index (χ1n) is 5.49. The van der Waals surface area contributed by atoms with Gasteiger partial charge in [-0.15, -0.1) is 0 Å². The number of aryl methyl sites for hydroxylation is 1. The standard InChI is InChI=1S/C14H13BrN2O/c1-9-6-11(15)8-13(7-9)17-14(18)10-2-4-12(16)5-3-10/h2-8H,16H2,1H3,(H,17,18). The molecule has 0 saturated carbocycles. The number of amides is 1. The molecule has 4 heteroatoms. The van der Waals surface area contributed by atoms with Crippen LogP contribution in [0.5, 0.6) is 0 Å². The zero-order valence-corrected chi connectivity index (χ0v) is 11.5. The second-order valence-corrected chi connectivity index (χ2v) is 5.01. The van der Waals surface area contributed by atoms with E-state index in [1.54, 1.807) is 24.3 Å². The molecule has 3 N–H and O–H groups in total. The zero-order chi connectivity index (χ0) is 13.1. The van der Waals surface area contributed by atoms with E-state index in [9.17, 15) is 4.79 Å². The van der Waals surface area contributed by atoms with Crippen molar-refractivity contribution >= 4 is 33.2 Å². The van der Waals surface area contributed by atoms with E-state index in [2.05, 4.69) is 21.2 Å². The van der Waals surface area contributed by atoms with Crippen LogP contribution in [0.25, 0.3) is 0 Å². The molecule has 1 amide bonds. The first-order valence-corrected chi connectivity index (χ1v) is 6.28. The molecule has 0 heterocycles. The van der Waals surface area contributed by atoms with E-state index >= 15 is 0 Å². The molecule has 2 aromatic carbocycles. The zero-order valence-electron chi connectivity index (χ0n) is 9.91. The van der Waals surface area contributed by atoms with Crippen LogP contribution >= 0.6 is 15.9 Å². The number of hydrogen-bond donors (Lipinski definition) is 2. The van der Waals surface area contributed by atoms with Crippen molar-refractivity contribution in [1.82, 2.24) is 0 Å². The van der Waals surface area contributed by atoms with Crippen molar-refractivity contribution in [3.8, 4) is 0 Å². The lowest BCUT2D eigenvalue weighted by Gasteiger charge is -2.07. The molecule has 0 aliphatic heterocycles. The molecule has 3 nitrogen and oxygen atoms in total. The van der Waals surface area contributed by atoms with Gasteiger partial charge < -0.3 is 11.1 Å². The monoisotopic (exact) mass is 304 g/mol. The largest absolute Gasteiger partial charge is 0.399 e. The summed E-state index contributed by atoms with van der Waals surface area (Å²) in [4.78, 5) is 12.0. The minimum absolute atomic E-state index is 0.146. The lowest BCUT2D eigenvalue weighted by Crippen LogP contribution is -2.11. The Kier molecular flexibility index (Phi) is 3.67. The predicted octanol–water partition coefficient (Wildman–Crippen LogP) is 3.59. The third kappa shape index (κ3) is 3.11. The minimum Gasteiger partial charge on any atom is -0.399 e. The average Bonchev–Trinajstić information content (AvgIpc) is 2.28. The third-order valence-electron chi connectivity index (χ3n) is 2.47. The highest BCUT2D eigenvalue weighted by Crippen LogP contribution is 2.19. The molecule has 92 valence electrons. The molecule has 0 saturated heterocycles. The molecule has 0 aliphatic carbocycles. The van der Waals surface area contributed by atoms with Crippen molar-refractivity contribution in [3.63, 3.8) is 0 Å². The number of hydrogen-bond acceptors (Lipinski definition) is 2. The Labute approximate surface area is 114 Å². The Hall–Kier alpha value is -1.81. The molecule has 0 aliphatic rings.